The zero-order chi connectivity index (χ0) is 12.2. The van der Waals surface area contributed by atoms with Gasteiger partial charge in [0.15, 0.2) is 0 Å². The Morgan fingerprint density at radius 3 is 1.75 bits per heavy atom. The van der Waals surface area contributed by atoms with Crippen molar-refractivity contribution in [2.45, 2.75) is 51.4 Å². The summed E-state index contributed by atoms with van der Waals surface area (Å²) in [6, 6.07) is 0. The van der Waals surface area contributed by atoms with E-state index in [1.54, 1.807) is 0 Å². The molecule has 0 saturated carbocycles. The van der Waals surface area contributed by atoms with Crippen LogP contribution in [0.2, 0.25) is 0 Å². The average Bonchev–Trinajstić information content (AvgIpc) is 2.26. The predicted octanol–water partition coefficient (Wildman–Crippen LogP) is 4.18. The first-order valence-corrected chi connectivity index (χ1v) is 6.17. The lowest BCUT2D eigenvalue weighted by Gasteiger charge is -2.11. The number of allylic oxidation sites excluding steroid dienone is 2. The van der Waals surface area contributed by atoms with Crippen molar-refractivity contribution in [1.29, 1.82) is 0 Å². The lowest BCUT2D eigenvalue weighted by molar-refractivity contribution is -0.142. The van der Waals surface area contributed by atoms with Gasteiger partial charge >= 0.3 is 5.97 Å². The second-order valence-corrected chi connectivity index (χ2v) is 4.18. The highest BCUT2D eigenvalue weighted by molar-refractivity contribution is 5.69. The molecule has 0 aliphatic heterocycles. The van der Waals surface area contributed by atoms with Crippen LogP contribution in [0, 0.1) is 5.92 Å². The largest absolute Gasteiger partial charge is 0.481 e. The molecule has 0 aliphatic rings. The summed E-state index contributed by atoms with van der Waals surface area (Å²) in [6.07, 6.45) is 11.5. The van der Waals surface area contributed by atoms with E-state index in [2.05, 4.69) is 13.2 Å². The van der Waals surface area contributed by atoms with Crippen LogP contribution in [0.1, 0.15) is 51.4 Å². The molecule has 2 nitrogen and oxygen atoms in total. The van der Waals surface area contributed by atoms with Gasteiger partial charge in [-0.3, -0.25) is 4.79 Å². The van der Waals surface area contributed by atoms with Crippen molar-refractivity contribution in [3.63, 3.8) is 0 Å². The molecule has 0 aliphatic carbocycles. The summed E-state index contributed by atoms with van der Waals surface area (Å²) in [5.74, 6) is -0.799. The molecule has 16 heavy (non-hydrogen) atoms. The molecular weight excluding hydrogens is 200 g/mol. The molecule has 0 aromatic rings. The van der Waals surface area contributed by atoms with E-state index in [4.69, 9.17) is 5.11 Å². The molecule has 92 valence electrons. The third-order valence-corrected chi connectivity index (χ3v) is 2.77. The van der Waals surface area contributed by atoms with Gasteiger partial charge in [-0.25, -0.2) is 0 Å². The number of carbonyl (C=O) groups is 1. The summed E-state index contributed by atoms with van der Waals surface area (Å²) < 4.78 is 0. The van der Waals surface area contributed by atoms with Crippen LogP contribution >= 0.6 is 0 Å². The second kappa shape index (κ2) is 10.5. The molecule has 0 radical (unpaired) electrons. The minimum atomic E-state index is -0.641. The first-order valence-electron chi connectivity index (χ1n) is 6.17. The van der Waals surface area contributed by atoms with Gasteiger partial charge in [0, 0.05) is 0 Å². The second-order valence-electron chi connectivity index (χ2n) is 4.18. The van der Waals surface area contributed by atoms with E-state index in [-0.39, 0.29) is 5.92 Å². The van der Waals surface area contributed by atoms with Crippen LogP contribution in [0.3, 0.4) is 0 Å². The fourth-order valence-corrected chi connectivity index (χ4v) is 1.75. The average molecular weight is 224 g/mol. The van der Waals surface area contributed by atoms with Gasteiger partial charge in [-0.05, 0) is 38.5 Å². The van der Waals surface area contributed by atoms with Crippen LogP contribution in [0.25, 0.3) is 0 Å². The van der Waals surface area contributed by atoms with Crippen LogP contribution in [-0.4, -0.2) is 11.1 Å². The summed E-state index contributed by atoms with van der Waals surface area (Å²) >= 11 is 0. The van der Waals surface area contributed by atoms with Crippen molar-refractivity contribution in [2.24, 2.45) is 5.92 Å². The summed E-state index contributed by atoms with van der Waals surface area (Å²) in [5.41, 5.74) is 0. The monoisotopic (exact) mass is 224 g/mol. The lowest BCUT2D eigenvalue weighted by atomic mass is 9.95. The summed E-state index contributed by atoms with van der Waals surface area (Å²) in [5, 5.41) is 9.05. The molecule has 1 N–H and O–H groups in total. The molecule has 0 aromatic carbocycles. The van der Waals surface area contributed by atoms with Crippen molar-refractivity contribution < 1.29 is 9.90 Å². The van der Waals surface area contributed by atoms with Crippen LogP contribution < -0.4 is 0 Å². The molecule has 0 amide bonds. The minimum absolute atomic E-state index is 0.158. The van der Waals surface area contributed by atoms with Crippen LogP contribution in [0.15, 0.2) is 25.3 Å². The number of carboxylic acids is 1. The van der Waals surface area contributed by atoms with E-state index >= 15 is 0 Å². The lowest BCUT2D eigenvalue weighted by Crippen LogP contribution is -2.13. The van der Waals surface area contributed by atoms with Gasteiger partial charge in [0.05, 0.1) is 5.92 Å². The molecule has 0 bridgehead atoms. The smallest absolute Gasteiger partial charge is 0.306 e. The molecular formula is C14H24O2. The Hall–Kier alpha value is -1.05. The Morgan fingerprint density at radius 1 is 1.00 bits per heavy atom. The molecule has 0 unspecified atom stereocenters. The van der Waals surface area contributed by atoms with Crippen LogP contribution in [-0.2, 0) is 4.79 Å². The minimum Gasteiger partial charge on any atom is -0.481 e. The maximum atomic E-state index is 11.0. The van der Waals surface area contributed by atoms with Crippen molar-refractivity contribution in [3.8, 4) is 0 Å². The van der Waals surface area contributed by atoms with E-state index in [9.17, 15) is 4.79 Å². The van der Waals surface area contributed by atoms with E-state index in [0.29, 0.717) is 0 Å². The fraction of sp³-hybridized carbons (Fsp3) is 0.643. The standard InChI is InChI=1S/C14H24O2/c1-3-5-7-9-11-13(14(15)16)12-10-8-6-4-2/h3-4,13H,1-2,5-12H2,(H,15,16). The Morgan fingerprint density at radius 2 is 1.44 bits per heavy atom. The molecule has 0 aromatic heterocycles. The highest BCUT2D eigenvalue weighted by Crippen LogP contribution is 2.17. The Bertz CT molecular complexity index is 193. The molecule has 0 saturated heterocycles. The van der Waals surface area contributed by atoms with Gasteiger partial charge in [-0.15, -0.1) is 13.2 Å². The predicted molar refractivity (Wildman–Crippen MR) is 68.5 cm³/mol. The number of hydrogen-bond donors (Lipinski definition) is 1. The Labute approximate surface area is 99.1 Å². The van der Waals surface area contributed by atoms with E-state index in [0.717, 1.165) is 51.4 Å². The van der Waals surface area contributed by atoms with E-state index in [1.807, 2.05) is 12.2 Å². The third kappa shape index (κ3) is 8.27. The number of unbranched alkanes of at least 4 members (excludes halogenated alkanes) is 4. The van der Waals surface area contributed by atoms with Gasteiger partial charge in [-0.2, -0.15) is 0 Å². The maximum absolute atomic E-state index is 11.0. The van der Waals surface area contributed by atoms with Crippen LogP contribution in [0.4, 0.5) is 0 Å². The van der Waals surface area contributed by atoms with Gasteiger partial charge in [-0.1, -0.05) is 25.0 Å². The highest BCUT2D eigenvalue weighted by atomic mass is 16.4. The number of rotatable bonds is 11. The SMILES string of the molecule is C=CCCCCC(CCCCC=C)C(=O)O. The quantitative estimate of drug-likeness (QED) is 0.422. The first kappa shape index (κ1) is 14.9. The molecule has 0 spiro atoms. The van der Waals surface area contributed by atoms with E-state index < -0.39 is 5.97 Å². The summed E-state index contributed by atoms with van der Waals surface area (Å²) in [7, 11) is 0. The van der Waals surface area contributed by atoms with Crippen molar-refractivity contribution in [3.05, 3.63) is 25.3 Å². The zero-order valence-electron chi connectivity index (χ0n) is 10.2. The third-order valence-electron chi connectivity index (χ3n) is 2.77. The van der Waals surface area contributed by atoms with Crippen molar-refractivity contribution >= 4 is 5.97 Å². The van der Waals surface area contributed by atoms with Crippen molar-refractivity contribution in [2.75, 3.05) is 0 Å². The normalized spacial score (nSPS) is 10.3. The van der Waals surface area contributed by atoms with Gasteiger partial charge in [0.25, 0.3) is 0 Å². The van der Waals surface area contributed by atoms with Crippen molar-refractivity contribution in [1.82, 2.24) is 0 Å². The van der Waals surface area contributed by atoms with Gasteiger partial charge < -0.3 is 5.11 Å². The number of hydrogen-bond acceptors (Lipinski definition) is 1. The zero-order valence-corrected chi connectivity index (χ0v) is 10.2. The van der Waals surface area contributed by atoms with E-state index in [1.165, 1.54) is 0 Å². The van der Waals surface area contributed by atoms with Gasteiger partial charge in [0.1, 0.15) is 0 Å². The van der Waals surface area contributed by atoms with Gasteiger partial charge in [0.2, 0.25) is 0 Å². The molecule has 2 heteroatoms. The highest BCUT2D eigenvalue weighted by Gasteiger charge is 2.15. The maximum Gasteiger partial charge on any atom is 0.306 e. The molecule has 0 fully saturated rings. The molecule has 0 heterocycles. The molecule has 0 atom stereocenters. The topological polar surface area (TPSA) is 37.3 Å². The fourth-order valence-electron chi connectivity index (χ4n) is 1.75. The summed E-state index contributed by atoms with van der Waals surface area (Å²) in [6.45, 7) is 7.31. The number of carboxylic acid groups (broad SMARTS) is 1. The Kier molecular flexibility index (Phi) is 9.78. The molecule has 0 rings (SSSR count). The number of aliphatic carboxylic acids is 1. The Balaban J connectivity index is 3.66. The van der Waals surface area contributed by atoms with Crippen LogP contribution in [0.5, 0.6) is 0 Å². The first-order chi connectivity index (χ1) is 7.72. The summed E-state index contributed by atoms with van der Waals surface area (Å²) in [4.78, 5) is 11.0.